The average Bonchev–Trinajstić information content (AvgIpc) is 2.82. The minimum absolute atomic E-state index is 0.604. The Bertz CT molecular complexity index is 659. The molecule has 1 aromatic heterocycles. The summed E-state index contributed by atoms with van der Waals surface area (Å²) < 4.78 is 1.82. The predicted molar refractivity (Wildman–Crippen MR) is 75.8 cm³/mol. The molecule has 2 aromatic carbocycles. The summed E-state index contributed by atoms with van der Waals surface area (Å²) in [6, 6.07) is 19.9. The highest BCUT2D eigenvalue weighted by atomic mass is 15.4. The third-order valence-corrected chi connectivity index (χ3v) is 2.80. The van der Waals surface area contributed by atoms with E-state index in [1.165, 1.54) is 0 Å². The molecule has 3 rings (SSSR count). The van der Waals surface area contributed by atoms with Crippen molar-refractivity contribution in [3.63, 3.8) is 0 Å². The van der Waals surface area contributed by atoms with Gasteiger partial charge in [-0.25, -0.2) is 4.68 Å². The van der Waals surface area contributed by atoms with E-state index in [2.05, 4.69) is 15.4 Å². The van der Waals surface area contributed by atoms with Crippen LogP contribution >= 0.6 is 0 Å². The van der Waals surface area contributed by atoms with E-state index in [1.807, 2.05) is 72.3 Å². The fourth-order valence-electron chi connectivity index (χ4n) is 1.91. The van der Waals surface area contributed by atoms with Gasteiger partial charge in [0.2, 0.25) is 5.95 Å². The van der Waals surface area contributed by atoms with E-state index in [1.54, 1.807) is 0 Å². The Kier molecular flexibility index (Phi) is 2.98. The Labute approximate surface area is 111 Å². The van der Waals surface area contributed by atoms with Gasteiger partial charge in [-0.05, 0) is 31.2 Å². The maximum Gasteiger partial charge on any atom is 0.247 e. The zero-order valence-corrected chi connectivity index (χ0v) is 10.6. The van der Waals surface area contributed by atoms with E-state index >= 15 is 0 Å². The molecule has 0 aliphatic heterocycles. The van der Waals surface area contributed by atoms with Gasteiger partial charge in [-0.2, -0.15) is 4.98 Å². The van der Waals surface area contributed by atoms with Crippen LogP contribution in [0.15, 0.2) is 60.7 Å². The number of para-hydroxylation sites is 2. The van der Waals surface area contributed by atoms with Gasteiger partial charge in [0.1, 0.15) is 5.82 Å². The summed E-state index contributed by atoms with van der Waals surface area (Å²) in [6.07, 6.45) is 0. The number of aromatic nitrogens is 3. The van der Waals surface area contributed by atoms with Crippen LogP contribution in [0.1, 0.15) is 5.82 Å². The zero-order valence-electron chi connectivity index (χ0n) is 10.6. The molecule has 0 aliphatic rings. The van der Waals surface area contributed by atoms with Crippen LogP contribution in [0.25, 0.3) is 5.69 Å². The predicted octanol–water partition coefficient (Wildman–Crippen LogP) is 3.32. The van der Waals surface area contributed by atoms with Crippen LogP contribution < -0.4 is 5.32 Å². The van der Waals surface area contributed by atoms with Crippen molar-refractivity contribution in [2.75, 3.05) is 5.32 Å². The van der Waals surface area contributed by atoms with E-state index in [0.29, 0.717) is 5.95 Å². The summed E-state index contributed by atoms with van der Waals surface area (Å²) in [5.41, 5.74) is 1.99. The van der Waals surface area contributed by atoms with Crippen LogP contribution in [0.2, 0.25) is 0 Å². The van der Waals surface area contributed by atoms with Crippen molar-refractivity contribution >= 4 is 11.6 Å². The van der Waals surface area contributed by atoms with Crippen LogP contribution in [0.4, 0.5) is 11.6 Å². The lowest BCUT2D eigenvalue weighted by Crippen LogP contribution is -1.99. The second-order valence-corrected chi connectivity index (χ2v) is 4.22. The molecule has 0 spiro atoms. The van der Waals surface area contributed by atoms with Gasteiger partial charge in [0.15, 0.2) is 0 Å². The molecule has 0 radical (unpaired) electrons. The Balaban J connectivity index is 1.90. The molecule has 1 heterocycles. The second-order valence-electron chi connectivity index (χ2n) is 4.22. The van der Waals surface area contributed by atoms with Gasteiger partial charge in [0.25, 0.3) is 0 Å². The first-order valence-electron chi connectivity index (χ1n) is 6.14. The maximum atomic E-state index is 4.47. The Morgan fingerprint density at radius 2 is 1.53 bits per heavy atom. The summed E-state index contributed by atoms with van der Waals surface area (Å²) >= 11 is 0. The first kappa shape index (κ1) is 11.5. The molecule has 0 amide bonds. The van der Waals surface area contributed by atoms with Gasteiger partial charge in [-0.1, -0.05) is 36.4 Å². The van der Waals surface area contributed by atoms with Gasteiger partial charge < -0.3 is 5.32 Å². The van der Waals surface area contributed by atoms with Crippen molar-refractivity contribution in [2.24, 2.45) is 0 Å². The van der Waals surface area contributed by atoms with Crippen LogP contribution in [0.5, 0.6) is 0 Å². The normalized spacial score (nSPS) is 10.4. The van der Waals surface area contributed by atoms with Crippen LogP contribution in [0, 0.1) is 6.92 Å². The SMILES string of the molecule is Cc1nc(Nc2ccccc2)nn1-c1ccccc1. The Morgan fingerprint density at radius 3 is 2.21 bits per heavy atom. The fourth-order valence-corrected chi connectivity index (χ4v) is 1.91. The zero-order chi connectivity index (χ0) is 13.1. The van der Waals surface area contributed by atoms with Crippen LogP contribution in [-0.2, 0) is 0 Å². The van der Waals surface area contributed by atoms with Gasteiger partial charge in [-0.3, -0.25) is 0 Å². The lowest BCUT2D eigenvalue weighted by Gasteiger charge is -2.01. The first-order valence-corrected chi connectivity index (χ1v) is 6.14. The lowest BCUT2D eigenvalue weighted by molar-refractivity contribution is 0.842. The first-order chi connectivity index (χ1) is 9.33. The van der Waals surface area contributed by atoms with Gasteiger partial charge in [-0.15, -0.1) is 5.10 Å². The summed E-state index contributed by atoms with van der Waals surface area (Å²) in [4.78, 5) is 4.42. The van der Waals surface area contributed by atoms with Crippen molar-refractivity contribution in [3.05, 3.63) is 66.5 Å². The number of nitrogens with one attached hydrogen (secondary N) is 1. The molecular weight excluding hydrogens is 236 g/mol. The number of hydrogen-bond acceptors (Lipinski definition) is 3. The molecule has 4 nitrogen and oxygen atoms in total. The van der Waals surface area contributed by atoms with Crippen molar-refractivity contribution in [1.29, 1.82) is 0 Å². The highest BCUT2D eigenvalue weighted by Crippen LogP contribution is 2.15. The number of rotatable bonds is 3. The molecule has 19 heavy (non-hydrogen) atoms. The molecule has 94 valence electrons. The fraction of sp³-hybridized carbons (Fsp3) is 0.0667. The molecule has 0 saturated carbocycles. The quantitative estimate of drug-likeness (QED) is 0.775. The molecule has 3 aromatic rings. The molecule has 4 heteroatoms. The molecule has 0 saturated heterocycles. The molecule has 0 bridgehead atoms. The Morgan fingerprint density at radius 1 is 0.895 bits per heavy atom. The minimum Gasteiger partial charge on any atom is -0.323 e. The van der Waals surface area contributed by atoms with Gasteiger partial charge in [0.05, 0.1) is 5.69 Å². The highest BCUT2D eigenvalue weighted by molar-refractivity contribution is 5.52. The summed E-state index contributed by atoms with van der Waals surface area (Å²) in [5, 5.41) is 7.66. The van der Waals surface area contributed by atoms with E-state index in [0.717, 1.165) is 17.2 Å². The third kappa shape index (κ3) is 2.47. The number of benzene rings is 2. The van der Waals surface area contributed by atoms with Gasteiger partial charge >= 0.3 is 0 Å². The van der Waals surface area contributed by atoms with E-state index in [4.69, 9.17) is 0 Å². The molecule has 1 N–H and O–H groups in total. The second kappa shape index (κ2) is 4.94. The number of nitrogens with zero attached hydrogens (tertiary/aromatic N) is 3. The largest absolute Gasteiger partial charge is 0.323 e. The van der Waals surface area contributed by atoms with E-state index in [-0.39, 0.29) is 0 Å². The molecule has 0 fully saturated rings. The van der Waals surface area contributed by atoms with Crippen LogP contribution in [0.3, 0.4) is 0 Å². The van der Waals surface area contributed by atoms with E-state index in [9.17, 15) is 0 Å². The lowest BCUT2D eigenvalue weighted by atomic mass is 10.3. The Hall–Kier alpha value is -2.62. The summed E-state index contributed by atoms with van der Waals surface area (Å²) in [6.45, 7) is 1.94. The molecule has 0 atom stereocenters. The third-order valence-electron chi connectivity index (χ3n) is 2.80. The number of aryl methyl sites for hydroxylation is 1. The van der Waals surface area contributed by atoms with Crippen molar-refractivity contribution in [1.82, 2.24) is 14.8 Å². The van der Waals surface area contributed by atoms with Gasteiger partial charge in [0, 0.05) is 5.69 Å². The topological polar surface area (TPSA) is 42.7 Å². The molecule has 0 aliphatic carbocycles. The maximum absolute atomic E-state index is 4.47. The summed E-state index contributed by atoms with van der Waals surface area (Å²) in [5.74, 6) is 1.46. The summed E-state index contributed by atoms with van der Waals surface area (Å²) in [7, 11) is 0. The van der Waals surface area contributed by atoms with Crippen LogP contribution in [-0.4, -0.2) is 14.8 Å². The average molecular weight is 250 g/mol. The van der Waals surface area contributed by atoms with Crippen molar-refractivity contribution < 1.29 is 0 Å². The minimum atomic E-state index is 0.604. The standard InChI is InChI=1S/C15H14N4/c1-12-16-15(17-13-8-4-2-5-9-13)18-19(12)14-10-6-3-7-11-14/h2-11H,1H3,(H,17,18). The number of hydrogen-bond donors (Lipinski definition) is 1. The van der Waals surface area contributed by atoms with Crippen molar-refractivity contribution in [2.45, 2.75) is 6.92 Å². The smallest absolute Gasteiger partial charge is 0.247 e. The highest BCUT2D eigenvalue weighted by Gasteiger charge is 2.07. The van der Waals surface area contributed by atoms with E-state index < -0.39 is 0 Å². The number of anilines is 2. The molecular formula is C15H14N4. The van der Waals surface area contributed by atoms with Crippen molar-refractivity contribution in [3.8, 4) is 5.69 Å². The monoisotopic (exact) mass is 250 g/mol. The molecule has 0 unspecified atom stereocenters.